The van der Waals surface area contributed by atoms with E-state index in [0.29, 0.717) is 31.7 Å². The molecule has 2 fully saturated rings. The first-order valence-electron chi connectivity index (χ1n) is 10.4. The number of imide groups is 1. The second-order valence-corrected chi connectivity index (χ2v) is 8.23. The number of carboxylic acids is 1. The van der Waals surface area contributed by atoms with Gasteiger partial charge in [0, 0.05) is 13.0 Å². The van der Waals surface area contributed by atoms with E-state index >= 15 is 0 Å². The molecule has 1 saturated heterocycles. The normalized spacial score (nSPS) is 26.9. The summed E-state index contributed by atoms with van der Waals surface area (Å²) in [6, 6.07) is -0.823. The summed E-state index contributed by atoms with van der Waals surface area (Å²) in [5.74, 6) is -0.00926. The van der Waals surface area contributed by atoms with Crippen LogP contribution in [0.15, 0.2) is 0 Å². The van der Waals surface area contributed by atoms with Gasteiger partial charge in [-0.25, -0.2) is 4.79 Å². The molecular weight excluding hydrogens is 348 g/mol. The maximum absolute atomic E-state index is 12.1. The van der Waals surface area contributed by atoms with Crippen molar-refractivity contribution in [1.82, 2.24) is 10.2 Å². The largest absolute Gasteiger partial charge is 0.481 e. The van der Waals surface area contributed by atoms with E-state index < -0.39 is 18.1 Å². The van der Waals surface area contributed by atoms with E-state index in [4.69, 9.17) is 5.11 Å². The average Bonchev–Trinajstić information content (AvgIpc) is 2.89. The molecule has 0 aromatic heterocycles. The smallest absolute Gasteiger partial charge is 0.324 e. The highest BCUT2D eigenvalue weighted by Gasteiger charge is 2.38. The Labute approximate surface area is 161 Å². The number of nitrogens with zero attached hydrogens (tertiary/aromatic N) is 1. The van der Waals surface area contributed by atoms with Crippen LogP contribution in [-0.4, -0.2) is 51.7 Å². The number of unbranched alkanes of at least 4 members (excludes halogenated alkanes) is 3. The fraction of sp³-hybridized carbons (Fsp3) is 0.850. The Morgan fingerprint density at radius 1 is 1.15 bits per heavy atom. The van der Waals surface area contributed by atoms with Gasteiger partial charge < -0.3 is 15.1 Å². The van der Waals surface area contributed by atoms with Crippen molar-refractivity contribution in [3.63, 3.8) is 0 Å². The summed E-state index contributed by atoms with van der Waals surface area (Å²) in [5, 5.41) is 21.5. The monoisotopic (exact) mass is 382 g/mol. The standard InChI is InChI=1S/C20H34N2O5/c1-14-8-10-15(11-9-14)17(23)12-13-22-16(19(26)21-20(22)27)6-4-2-3-5-7-18(24)25/h14-17,23H,2-13H2,1H3,(H,24,25)(H,21,26,27)/t14-,15-,16?,17?. The van der Waals surface area contributed by atoms with Crippen LogP contribution in [0.2, 0.25) is 0 Å². The van der Waals surface area contributed by atoms with E-state index in [1.54, 1.807) is 4.90 Å². The lowest BCUT2D eigenvalue weighted by Gasteiger charge is -2.31. The lowest BCUT2D eigenvalue weighted by molar-refractivity contribution is -0.137. The zero-order valence-electron chi connectivity index (χ0n) is 16.4. The summed E-state index contributed by atoms with van der Waals surface area (Å²) in [4.78, 5) is 36.2. The van der Waals surface area contributed by atoms with Gasteiger partial charge in [0.1, 0.15) is 6.04 Å². The molecule has 27 heavy (non-hydrogen) atoms. The van der Waals surface area contributed by atoms with E-state index in [9.17, 15) is 19.5 Å². The molecule has 1 heterocycles. The van der Waals surface area contributed by atoms with Gasteiger partial charge in [-0.05, 0) is 43.9 Å². The second-order valence-electron chi connectivity index (χ2n) is 8.23. The lowest BCUT2D eigenvalue weighted by atomic mass is 9.79. The van der Waals surface area contributed by atoms with Crippen molar-refractivity contribution < 1.29 is 24.6 Å². The van der Waals surface area contributed by atoms with Crippen molar-refractivity contribution >= 4 is 17.9 Å². The molecule has 1 aliphatic carbocycles. The minimum absolute atomic E-state index is 0.173. The first-order chi connectivity index (χ1) is 12.9. The minimum Gasteiger partial charge on any atom is -0.481 e. The number of carbonyl (C=O) groups excluding carboxylic acids is 2. The molecule has 2 unspecified atom stereocenters. The van der Waals surface area contributed by atoms with Gasteiger partial charge >= 0.3 is 12.0 Å². The molecule has 154 valence electrons. The van der Waals surface area contributed by atoms with Gasteiger partial charge in [-0.2, -0.15) is 0 Å². The van der Waals surface area contributed by atoms with Gasteiger partial charge in [0.05, 0.1) is 6.10 Å². The van der Waals surface area contributed by atoms with Crippen LogP contribution in [0.3, 0.4) is 0 Å². The Kier molecular flexibility index (Phi) is 8.54. The summed E-state index contributed by atoms with van der Waals surface area (Å²) >= 11 is 0. The summed E-state index contributed by atoms with van der Waals surface area (Å²) < 4.78 is 0. The fourth-order valence-electron chi connectivity index (χ4n) is 4.23. The SMILES string of the molecule is C[C@H]1CC[C@H](C(O)CCN2C(=O)NC(=O)C2CCCCCCC(=O)O)CC1. The zero-order chi connectivity index (χ0) is 19.8. The molecule has 0 aromatic rings. The molecule has 0 bridgehead atoms. The highest BCUT2D eigenvalue weighted by molar-refractivity contribution is 6.04. The number of aliphatic hydroxyl groups is 1. The molecule has 3 N–H and O–H groups in total. The number of urea groups is 1. The quantitative estimate of drug-likeness (QED) is 0.376. The maximum Gasteiger partial charge on any atom is 0.324 e. The number of carbonyl (C=O) groups is 3. The van der Waals surface area contributed by atoms with E-state index in [-0.39, 0.29) is 18.4 Å². The van der Waals surface area contributed by atoms with E-state index in [1.807, 2.05) is 0 Å². The third kappa shape index (κ3) is 6.79. The highest BCUT2D eigenvalue weighted by atomic mass is 16.4. The van der Waals surface area contributed by atoms with Gasteiger partial charge in [-0.1, -0.05) is 39.0 Å². The summed E-state index contributed by atoms with van der Waals surface area (Å²) in [6.45, 7) is 2.64. The number of aliphatic carboxylic acids is 1. The van der Waals surface area contributed by atoms with Gasteiger partial charge in [-0.15, -0.1) is 0 Å². The molecule has 2 atom stereocenters. The van der Waals surface area contributed by atoms with Crippen LogP contribution in [0.25, 0.3) is 0 Å². The average molecular weight is 383 g/mol. The number of aliphatic hydroxyl groups excluding tert-OH is 1. The van der Waals surface area contributed by atoms with Crippen LogP contribution in [0.4, 0.5) is 4.79 Å². The number of hydrogen-bond donors (Lipinski definition) is 3. The molecule has 0 aromatic carbocycles. The van der Waals surface area contributed by atoms with Gasteiger partial charge in [0.25, 0.3) is 5.91 Å². The summed E-state index contributed by atoms with van der Waals surface area (Å²) in [6.07, 6.45) is 8.30. The molecule has 2 aliphatic rings. The van der Waals surface area contributed by atoms with Crippen LogP contribution < -0.4 is 5.32 Å². The van der Waals surface area contributed by atoms with Crippen LogP contribution in [-0.2, 0) is 9.59 Å². The Morgan fingerprint density at radius 3 is 2.48 bits per heavy atom. The second kappa shape index (κ2) is 10.6. The first kappa shape index (κ1) is 21.7. The highest BCUT2D eigenvalue weighted by Crippen LogP contribution is 2.31. The topological polar surface area (TPSA) is 107 Å². The predicted molar refractivity (Wildman–Crippen MR) is 101 cm³/mol. The number of amides is 3. The van der Waals surface area contributed by atoms with Crippen molar-refractivity contribution in [2.75, 3.05) is 6.54 Å². The van der Waals surface area contributed by atoms with E-state index in [0.717, 1.165) is 50.9 Å². The van der Waals surface area contributed by atoms with Crippen LogP contribution in [0.5, 0.6) is 0 Å². The lowest BCUT2D eigenvalue weighted by Crippen LogP contribution is -2.38. The molecule has 3 amide bonds. The molecule has 2 rings (SSSR count). The molecular formula is C20H34N2O5. The molecule has 1 saturated carbocycles. The number of carboxylic acid groups (broad SMARTS) is 1. The van der Waals surface area contributed by atoms with Gasteiger partial charge in [-0.3, -0.25) is 14.9 Å². The van der Waals surface area contributed by atoms with E-state index in [2.05, 4.69) is 12.2 Å². The third-order valence-corrected chi connectivity index (χ3v) is 6.06. The van der Waals surface area contributed by atoms with Crippen molar-refractivity contribution in [1.29, 1.82) is 0 Å². The Hall–Kier alpha value is -1.63. The molecule has 7 nitrogen and oxygen atoms in total. The van der Waals surface area contributed by atoms with Crippen LogP contribution in [0.1, 0.15) is 77.6 Å². The molecule has 0 spiro atoms. The number of rotatable bonds is 11. The zero-order valence-corrected chi connectivity index (χ0v) is 16.4. The number of nitrogens with one attached hydrogen (secondary N) is 1. The van der Waals surface area contributed by atoms with Crippen molar-refractivity contribution in [2.24, 2.45) is 11.8 Å². The maximum atomic E-state index is 12.1. The molecule has 0 radical (unpaired) electrons. The molecule has 7 heteroatoms. The van der Waals surface area contributed by atoms with Crippen LogP contribution in [0, 0.1) is 11.8 Å². The van der Waals surface area contributed by atoms with Gasteiger partial charge in [0.15, 0.2) is 0 Å². The van der Waals surface area contributed by atoms with E-state index in [1.165, 1.54) is 0 Å². The van der Waals surface area contributed by atoms with Crippen molar-refractivity contribution in [3.8, 4) is 0 Å². The Bertz CT molecular complexity index is 517. The number of hydrogen-bond acceptors (Lipinski definition) is 4. The Balaban J connectivity index is 1.73. The van der Waals surface area contributed by atoms with Gasteiger partial charge in [0.2, 0.25) is 0 Å². The summed E-state index contributed by atoms with van der Waals surface area (Å²) in [7, 11) is 0. The predicted octanol–water partition coefficient (Wildman–Crippen LogP) is 2.91. The summed E-state index contributed by atoms with van der Waals surface area (Å²) in [5.41, 5.74) is 0. The first-order valence-corrected chi connectivity index (χ1v) is 10.4. The Morgan fingerprint density at radius 2 is 1.81 bits per heavy atom. The van der Waals surface area contributed by atoms with Crippen molar-refractivity contribution in [3.05, 3.63) is 0 Å². The fourth-order valence-corrected chi connectivity index (χ4v) is 4.23. The molecule has 1 aliphatic heterocycles. The van der Waals surface area contributed by atoms with Crippen molar-refractivity contribution in [2.45, 2.75) is 89.7 Å². The third-order valence-electron chi connectivity index (χ3n) is 6.06. The van der Waals surface area contributed by atoms with Crippen LogP contribution >= 0.6 is 0 Å². The minimum atomic E-state index is -0.784.